The van der Waals surface area contributed by atoms with Crippen LogP contribution in [0, 0.1) is 10.5 Å². The molecule has 9 heteroatoms. The number of nitrogens with one attached hydrogen (secondary N) is 1. The van der Waals surface area contributed by atoms with Crippen molar-refractivity contribution in [1.82, 2.24) is 10.2 Å². The highest BCUT2D eigenvalue weighted by Gasteiger charge is 2.34. The molecule has 41 heavy (non-hydrogen) atoms. The molecule has 1 saturated carbocycles. The fourth-order valence-corrected chi connectivity index (χ4v) is 6.42. The molecule has 1 aliphatic carbocycles. The maximum absolute atomic E-state index is 14.2. The topological polar surface area (TPSA) is 86.8 Å². The molecule has 0 unspecified atom stereocenters. The summed E-state index contributed by atoms with van der Waals surface area (Å²) in [4.78, 5) is 29.7. The number of sulfonamides is 1. The van der Waals surface area contributed by atoms with Crippen LogP contribution < -0.4 is 9.62 Å². The Kier molecular flexibility index (Phi) is 10.8. The molecule has 0 bridgehead atoms. The lowest BCUT2D eigenvalue weighted by Gasteiger charge is -2.35. The van der Waals surface area contributed by atoms with Crippen LogP contribution in [0.25, 0.3) is 0 Å². The summed E-state index contributed by atoms with van der Waals surface area (Å²) >= 11 is 2.15. The van der Waals surface area contributed by atoms with E-state index >= 15 is 0 Å². The van der Waals surface area contributed by atoms with Crippen molar-refractivity contribution in [1.29, 1.82) is 0 Å². The van der Waals surface area contributed by atoms with Crippen LogP contribution >= 0.6 is 22.6 Å². The Morgan fingerprint density at radius 3 is 2.15 bits per heavy atom. The van der Waals surface area contributed by atoms with Gasteiger partial charge in [0.15, 0.2) is 0 Å². The molecule has 2 amide bonds. The highest BCUT2D eigenvalue weighted by atomic mass is 127. The molecule has 1 aliphatic rings. The van der Waals surface area contributed by atoms with Gasteiger partial charge in [-0.25, -0.2) is 8.42 Å². The van der Waals surface area contributed by atoms with E-state index in [-0.39, 0.29) is 18.5 Å². The number of nitrogens with zero attached hydrogens (tertiary/aromatic N) is 2. The summed E-state index contributed by atoms with van der Waals surface area (Å²) in [5, 5.41) is 3.23. The van der Waals surface area contributed by atoms with E-state index in [0.29, 0.717) is 12.1 Å². The summed E-state index contributed by atoms with van der Waals surface area (Å²) in [6.07, 6.45) is 6.56. The van der Waals surface area contributed by atoms with E-state index in [1.165, 1.54) is 0 Å². The van der Waals surface area contributed by atoms with Crippen molar-refractivity contribution in [3.05, 3.63) is 99.1 Å². The second-order valence-electron chi connectivity index (χ2n) is 10.8. The SMILES string of the molecule is Cc1ccc(CN(C(=O)CN(c2ccc(I)cc2)S(C)(=O)=O)[C@@H](Cc2ccccc2)C(=O)NC2CCCCC2)cc1. The molecule has 4 rings (SSSR count). The largest absolute Gasteiger partial charge is 0.352 e. The third-order valence-corrected chi connectivity index (χ3v) is 9.35. The van der Waals surface area contributed by atoms with Crippen molar-refractivity contribution in [2.75, 3.05) is 17.1 Å². The number of hydrogen-bond donors (Lipinski definition) is 1. The minimum absolute atomic E-state index is 0.0742. The van der Waals surface area contributed by atoms with Gasteiger partial charge in [-0.2, -0.15) is 0 Å². The second kappa shape index (κ2) is 14.3. The zero-order valence-electron chi connectivity index (χ0n) is 23.6. The van der Waals surface area contributed by atoms with Gasteiger partial charge in [0.1, 0.15) is 12.6 Å². The first-order valence-electron chi connectivity index (χ1n) is 14.0. The maximum Gasteiger partial charge on any atom is 0.244 e. The monoisotopic (exact) mass is 687 g/mol. The molecule has 1 atom stereocenters. The van der Waals surface area contributed by atoms with Crippen LogP contribution in [-0.4, -0.2) is 50.0 Å². The molecule has 1 fully saturated rings. The van der Waals surface area contributed by atoms with Crippen LogP contribution in [0.5, 0.6) is 0 Å². The zero-order valence-corrected chi connectivity index (χ0v) is 26.6. The summed E-state index contributed by atoms with van der Waals surface area (Å²) in [5.74, 6) is -0.643. The molecular weight excluding hydrogens is 649 g/mol. The Labute approximate surface area is 257 Å². The lowest BCUT2D eigenvalue weighted by Crippen LogP contribution is -2.55. The van der Waals surface area contributed by atoms with Crippen molar-refractivity contribution >= 4 is 50.1 Å². The molecule has 0 aromatic heterocycles. The minimum atomic E-state index is -3.78. The van der Waals surface area contributed by atoms with Gasteiger partial charge in [0.2, 0.25) is 21.8 Å². The van der Waals surface area contributed by atoms with Crippen LogP contribution in [0.15, 0.2) is 78.9 Å². The Bertz CT molecular complexity index is 1410. The molecule has 7 nitrogen and oxygen atoms in total. The Hall–Kier alpha value is -2.92. The Morgan fingerprint density at radius 2 is 1.54 bits per heavy atom. The molecule has 0 radical (unpaired) electrons. The minimum Gasteiger partial charge on any atom is -0.352 e. The van der Waals surface area contributed by atoms with Crippen molar-refractivity contribution < 1.29 is 18.0 Å². The zero-order chi connectivity index (χ0) is 29.4. The quantitative estimate of drug-likeness (QED) is 0.272. The average Bonchev–Trinajstić information content (AvgIpc) is 2.95. The van der Waals surface area contributed by atoms with Gasteiger partial charge in [-0.3, -0.25) is 13.9 Å². The third kappa shape index (κ3) is 9.03. The summed E-state index contributed by atoms with van der Waals surface area (Å²) in [6.45, 7) is 1.76. The standard InChI is InChI=1S/C32H38IN3O4S/c1-24-13-15-26(16-14-24)22-35(31(37)23-36(41(2,39)40)29-19-17-27(33)18-20-29)30(21-25-9-5-3-6-10-25)32(38)34-28-11-7-4-8-12-28/h3,5-6,9-10,13-20,28,30H,4,7-8,11-12,21-23H2,1-2H3,(H,34,38)/t30-/m0/s1. The van der Waals surface area contributed by atoms with Crippen LogP contribution in [0.4, 0.5) is 5.69 Å². The molecule has 0 saturated heterocycles. The van der Waals surface area contributed by atoms with E-state index in [4.69, 9.17) is 0 Å². The lowest BCUT2D eigenvalue weighted by molar-refractivity contribution is -0.140. The van der Waals surface area contributed by atoms with Gasteiger partial charge in [0.05, 0.1) is 11.9 Å². The Morgan fingerprint density at radius 1 is 0.902 bits per heavy atom. The first kappa shape index (κ1) is 31.0. The van der Waals surface area contributed by atoms with Gasteiger partial charge >= 0.3 is 0 Å². The van der Waals surface area contributed by atoms with Crippen molar-refractivity contribution in [3.8, 4) is 0 Å². The van der Waals surface area contributed by atoms with Crippen molar-refractivity contribution in [2.24, 2.45) is 0 Å². The van der Waals surface area contributed by atoms with E-state index < -0.39 is 28.5 Å². The van der Waals surface area contributed by atoms with Gasteiger partial charge in [-0.1, -0.05) is 79.4 Å². The van der Waals surface area contributed by atoms with Gasteiger partial charge in [0.25, 0.3) is 0 Å². The fraction of sp³-hybridized carbons (Fsp3) is 0.375. The number of rotatable bonds is 11. The van der Waals surface area contributed by atoms with Crippen molar-refractivity contribution in [3.63, 3.8) is 0 Å². The molecule has 0 heterocycles. The second-order valence-corrected chi connectivity index (χ2v) is 14.0. The number of hydrogen-bond acceptors (Lipinski definition) is 4. The van der Waals surface area contributed by atoms with E-state index in [9.17, 15) is 18.0 Å². The molecule has 1 N–H and O–H groups in total. The van der Waals surface area contributed by atoms with Crippen LogP contribution in [0.2, 0.25) is 0 Å². The number of carbonyl (C=O) groups is 2. The van der Waals surface area contributed by atoms with E-state index in [1.807, 2.05) is 61.5 Å². The molecule has 3 aromatic rings. The Balaban J connectivity index is 1.71. The highest BCUT2D eigenvalue weighted by Crippen LogP contribution is 2.23. The molecule has 0 spiro atoms. The predicted octanol–water partition coefficient (Wildman–Crippen LogP) is 5.45. The number of benzene rings is 3. The van der Waals surface area contributed by atoms with Gasteiger partial charge in [0, 0.05) is 22.6 Å². The van der Waals surface area contributed by atoms with Crippen molar-refractivity contribution in [2.45, 2.75) is 64.1 Å². The number of halogens is 1. The van der Waals surface area contributed by atoms with E-state index in [1.54, 1.807) is 29.2 Å². The first-order chi connectivity index (χ1) is 19.6. The summed E-state index contributed by atoms with van der Waals surface area (Å²) in [7, 11) is -3.78. The highest BCUT2D eigenvalue weighted by molar-refractivity contribution is 14.1. The fourth-order valence-electron chi connectivity index (χ4n) is 5.21. The van der Waals surface area contributed by atoms with Gasteiger partial charge in [-0.15, -0.1) is 0 Å². The number of aryl methyl sites for hydroxylation is 1. The van der Waals surface area contributed by atoms with Gasteiger partial charge in [-0.05, 0) is 77.7 Å². The number of amides is 2. The van der Waals surface area contributed by atoms with Crippen LogP contribution in [0.3, 0.4) is 0 Å². The first-order valence-corrected chi connectivity index (χ1v) is 17.0. The molecule has 3 aromatic carbocycles. The summed E-state index contributed by atoms with van der Waals surface area (Å²) < 4.78 is 27.9. The smallest absolute Gasteiger partial charge is 0.244 e. The normalized spacial score (nSPS) is 14.7. The molecular formula is C32H38IN3O4S. The average molecular weight is 688 g/mol. The van der Waals surface area contributed by atoms with E-state index in [2.05, 4.69) is 27.9 Å². The molecule has 0 aliphatic heterocycles. The molecule has 218 valence electrons. The maximum atomic E-state index is 14.2. The lowest BCUT2D eigenvalue weighted by atomic mass is 9.94. The van der Waals surface area contributed by atoms with Gasteiger partial charge < -0.3 is 10.2 Å². The summed E-state index contributed by atoms with van der Waals surface area (Å²) in [6, 6.07) is 23.7. The number of anilines is 1. The third-order valence-electron chi connectivity index (χ3n) is 7.49. The van der Waals surface area contributed by atoms with E-state index in [0.717, 1.165) is 62.9 Å². The van der Waals surface area contributed by atoms with Crippen LogP contribution in [-0.2, 0) is 32.6 Å². The summed E-state index contributed by atoms with van der Waals surface area (Å²) in [5.41, 5.74) is 3.29. The van der Waals surface area contributed by atoms with Crippen LogP contribution in [0.1, 0.15) is 48.8 Å². The predicted molar refractivity (Wildman–Crippen MR) is 172 cm³/mol. The number of carbonyl (C=O) groups excluding carboxylic acids is 2.